The summed E-state index contributed by atoms with van der Waals surface area (Å²) in [6, 6.07) is 14.0. The van der Waals surface area contributed by atoms with Gasteiger partial charge in [-0.15, -0.1) is 0 Å². The number of benzene rings is 2. The van der Waals surface area contributed by atoms with Gasteiger partial charge in [0.1, 0.15) is 5.70 Å². The van der Waals surface area contributed by atoms with Crippen molar-refractivity contribution in [2.24, 2.45) is 0 Å². The molecule has 0 fully saturated rings. The van der Waals surface area contributed by atoms with Crippen LogP contribution in [0.3, 0.4) is 0 Å². The van der Waals surface area contributed by atoms with Crippen molar-refractivity contribution in [3.8, 4) is 11.5 Å². The number of esters is 1. The second-order valence-corrected chi connectivity index (χ2v) is 5.98. The summed E-state index contributed by atoms with van der Waals surface area (Å²) in [6.07, 6.45) is 3.23. The smallest absolute Gasteiger partial charge is 0.354 e. The summed E-state index contributed by atoms with van der Waals surface area (Å²) < 4.78 is 15.9. The molecule has 1 aliphatic heterocycles. The molecule has 1 aliphatic rings. The van der Waals surface area contributed by atoms with Crippen molar-refractivity contribution < 1.29 is 23.8 Å². The van der Waals surface area contributed by atoms with Crippen LogP contribution >= 0.6 is 0 Å². The standard InChI is InChI=1S/C21H21NO5/c1-2-3-11-25-21(24)17(22-20(23)16-7-5-4-6-8-16)12-15-9-10-18-19(13-15)27-14-26-18/h4-10,12-13H,2-3,11,14H2,1H3,(H,22,23)/b17-12-. The number of carbonyl (C=O) groups excluding carboxylic acids is 2. The van der Waals surface area contributed by atoms with Crippen LogP contribution < -0.4 is 14.8 Å². The first kappa shape index (κ1) is 18.5. The van der Waals surface area contributed by atoms with Gasteiger partial charge >= 0.3 is 5.97 Å². The Morgan fingerprint density at radius 3 is 2.67 bits per heavy atom. The average molecular weight is 367 g/mol. The van der Waals surface area contributed by atoms with E-state index in [1.807, 2.05) is 13.0 Å². The van der Waals surface area contributed by atoms with Crippen LogP contribution in [0.4, 0.5) is 0 Å². The molecule has 6 nitrogen and oxygen atoms in total. The fourth-order valence-electron chi connectivity index (χ4n) is 2.49. The predicted molar refractivity (Wildman–Crippen MR) is 100 cm³/mol. The molecule has 140 valence electrons. The van der Waals surface area contributed by atoms with Gasteiger partial charge in [0, 0.05) is 5.56 Å². The topological polar surface area (TPSA) is 73.9 Å². The fraction of sp³-hybridized carbons (Fsp3) is 0.238. The van der Waals surface area contributed by atoms with E-state index in [9.17, 15) is 9.59 Å². The molecule has 3 rings (SSSR count). The third kappa shape index (κ3) is 4.88. The molecular weight excluding hydrogens is 346 g/mol. The molecule has 1 heterocycles. The van der Waals surface area contributed by atoms with E-state index in [1.165, 1.54) is 0 Å². The number of fused-ring (bicyclic) bond motifs is 1. The van der Waals surface area contributed by atoms with Gasteiger partial charge in [0.05, 0.1) is 6.61 Å². The van der Waals surface area contributed by atoms with E-state index < -0.39 is 5.97 Å². The highest BCUT2D eigenvalue weighted by molar-refractivity contribution is 6.03. The molecule has 1 amide bonds. The molecule has 0 atom stereocenters. The number of carbonyl (C=O) groups is 2. The highest BCUT2D eigenvalue weighted by atomic mass is 16.7. The molecule has 1 N–H and O–H groups in total. The summed E-state index contributed by atoms with van der Waals surface area (Å²) in [5, 5.41) is 2.65. The fourth-order valence-corrected chi connectivity index (χ4v) is 2.49. The second kappa shape index (κ2) is 8.89. The summed E-state index contributed by atoms with van der Waals surface area (Å²) in [5.41, 5.74) is 1.21. The van der Waals surface area contributed by atoms with Crippen LogP contribution in [-0.4, -0.2) is 25.3 Å². The van der Waals surface area contributed by atoms with Crippen molar-refractivity contribution in [3.63, 3.8) is 0 Å². The molecule has 0 unspecified atom stereocenters. The van der Waals surface area contributed by atoms with E-state index in [-0.39, 0.29) is 18.4 Å². The Morgan fingerprint density at radius 2 is 1.89 bits per heavy atom. The zero-order valence-electron chi connectivity index (χ0n) is 15.1. The molecule has 27 heavy (non-hydrogen) atoms. The lowest BCUT2D eigenvalue weighted by atomic mass is 10.1. The zero-order chi connectivity index (χ0) is 19.1. The van der Waals surface area contributed by atoms with E-state index in [1.54, 1.807) is 48.5 Å². The highest BCUT2D eigenvalue weighted by Gasteiger charge is 2.17. The van der Waals surface area contributed by atoms with Gasteiger partial charge in [-0.2, -0.15) is 0 Å². The number of rotatable bonds is 7. The Labute approximate surface area is 157 Å². The van der Waals surface area contributed by atoms with Crippen LogP contribution in [0, 0.1) is 0 Å². The average Bonchev–Trinajstić information content (AvgIpc) is 3.16. The maximum Gasteiger partial charge on any atom is 0.354 e. The lowest BCUT2D eigenvalue weighted by Crippen LogP contribution is -2.28. The highest BCUT2D eigenvalue weighted by Crippen LogP contribution is 2.33. The lowest BCUT2D eigenvalue weighted by molar-refractivity contribution is -0.139. The normalized spacial score (nSPS) is 12.6. The first-order valence-corrected chi connectivity index (χ1v) is 8.82. The van der Waals surface area contributed by atoms with Crippen LogP contribution in [-0.2, 0) is 9.53 Å². The zero-order valence-corrected chi connectivity index (χ0v) is 15.1. The molecule has 0 aliphatic carbocycles. The van der Waals surface area contributed by atoms with E-state index in [2.05, 4.69) is 5.32 Å². The maximum atomic E-state index is 12.5. The van der Waals surface area contributed by atoms with Gasteiger partial charge < -0.3 is 19.5 Å². The first-order chi connectivity index (χ1) is 13.2. The SMILES string of the molecule is CCCCOC(=O)/C(=C/c1ccc2c(c1)OCO2)NC(=O)c1ccccc1. The third-order valence-corrected chi connectivity index (χ3v) is 3.94. The number of hydrogen-bond donors (Lipinski definition) is 1. The molecule has 0 spiro atoms. The molecule has 0 aromatic heterocycles. The van der Waals surface area contributed by atoms with Crippen molar-refractivity contribution in [1.82, 2.24) is 5.32 Å². The summed E-state index contributed by atoms with van der Waals surface area (Å²) in [5.74, 6) is 0.282. The van der Waals surface area contributed by atoms with E-state index in [4.69, 9.17) is 14.2 Å². The maximum absolute atomic E-state index is 12.5. The van der Waals surface area contributed by atoms with Gasteiger partial charge in [-0.05, 0) is 42.3 Å². The van der Waals surface area contributed by atoms with Crippen molar-refractivity contribution in [1.29, 1.82) is 0 Å². The Morgan fingerprint density at radius 1 is 1.11 bits per heavy atom. The largest absolute Gasteiger partial charge is 0.461 e. The van der Waals surface area contributed by atoms with Gasteiger partial charge in [-0.25, -0.2) is 4.79 Å². The van der Waals surface area contributed by atoms with Crippen LogP contribution in [0.2, 0.25) is 0 Å². The minimum absolute atomic E-state index is 0.0684. The minimum Gasteiger partial charge on any atom is -0.461 e. The second-order valence-electron chi connectivity index (χ2n) is 5.98. The molecule has 6 heteroatoms. The summed E-state index contributed by atoms with van der Waals surface area (Å²) in [4.78, 5) is 24.9. The number of ether oxygens (including phenoxy) is 3. The number of nitrogens with one attached hydrogen (secondary N) is 1. The van der Waals surface area contributed by atoms with Gasteiger partial charge in [-0.1, -0.05) is 37.6 Å². The van der Waals surface area contributed by atoms with Crippen molar-refractivity contribution in [2.75, 3.05) is 13.4 Å². The Balaban J connectivity index is 1.82. The van der Waals surface area contributed by atoms with Gasteiger partial charge in [0.15, 0.2) is 11.5 Å². The molecule has 0 saturated heterocycles. The number of hydrogen-bond acceptors (Lipinski definition) is 5. The predicted octanol–water partition coefficient (Wildman–Crippen LogP) is 3.53. The van der Waals surface area contributed by atoms with Crippen LogP contribution in [0.25, 0.3) is 6.08 Å². The molecule has 0 bridgehead atoms. The van der Waals surface area contributed by atoms with Crippen molar-refractivity contribution >= 4 is 18.0 Å². The first-order valence-electron chi connectivity index (χ1n) is 8.82. The summed E-state index contributed by atoms with van der Waals surface area (Å²) in [6.45, 7) is 2.47. The van der Waals surface area contributed by atoms with Gasteiger partial charge in [-0.3, -0.25) is 4.79 Å². The van der Waals surface area contributed by atoms with Gasteiger partial charge in [0.25, 0.3) is 5.91 Å². The Bertz CT molecular complexity index is 845. The number of unbranched alkanes of at least 4 members (excludes halogenated alkanes) is 1. The third-order valence-electron chi connectivity index (χ3n) is 3.94. The van der Waals surface area contributed by atoms with E-state index in [0.717, 1.165) is 12.8 Å². The monoisotopic (exact) mass is 367 g/mol. The van der Waals surface area contributed by atoms with Crippen LogP contribution in [0.1, 0.15) is 35.7 Å². The summed E-state index contributed by atoms with van der Waals surface area (Å²) >= 11 is 0. The number of amides is 1. The van der Waals surface area contributed by atoms with Crippen molar-refractivity contribution in [2.45, 2.75) is 19.8 Å². The molecular formula is C21H21NO5. The lowest BCUT2D eigenvalue weighted by Gasteiger charge is -2.10. The molecule has 0 radical (unpaired) electrons. The van der Waals surface area contributed by atoms with Crippen molar-refractivity contribution in [3.05, 3.63) is 65.4 Å². The van der Waals surface area contributed by atoms with E-state index in [0.29, 0.717) is 29.2 Å². The van der Waals surface area contributed by atoms with Crippen LogP contribution in [0.15, 0.2) is 54.2 Å². The molecule has 0 saturated carbocycles. The van der Waals surface area contributed by atoms with E-state index >= 15 is 0 Å². The minimum atomic E-state index is -0.578. The quantitative estimate of drug-likeness (QED) is 0.460. The van der Waals surface area contributed by atoms with Crippen LogP contribution in [0.5, 0.6) is 11.5 Å². The van der Waals surface area contributed by atoms with Gasteiger partial charge in [0.2, 0.25) is 6.79 Å². The Hall–Kier alpha value is -3.28. The Kier molecular flexibility index (Phi) is 6.10. The summed E-state index contributed by atoms with van der Waals surface area (Å²) in [7, 11) is 0. The molecule has 2 aromatic carbocycles. The molecule has 2 aromatic rings.